The highest BCUT2D eigenvalue weighted by atomic mass is 16.7. The third-order valence-corrected chi connectivity index (χ3v) is 3.08. The Hall–Kier alpha value is -0.160. The molecule has 0 aromatic rings. The Bertz CT molecular complexity index is 173. The quantitative estimate of drug-likeness (QED) is 0.671. The summed E-state index contributed by atoms with van der Waals surface area (Å²) in [6.45, 7) is 2.01. The molecule has 15 heavy (non-hydrogen) atoms. The second-order valence-corrected chi connectivity index (χ2v) is 4.25. The van der Waals surface area contributed by atoms with Gasteiger partial charge in [0.25, 0.3) is 0 Å². The van der Waals surface area contributed by atoms with Gasteiger partial charge in [-0.25, -0.2) is 0 Å². The van der Waals surface area contributed by atoms with E-state index in [-0.39, 0.29) is 24.5 Å². The van der Waals surface area contributed by atoms with Gasteiger partial charge < -0.3 is 19.9 Å². The van der Waals surface area contributed by atoms with E-state index in [0.29, 0.717) is 0 Å². The van der Waals surface area contributed by atoms with Crippen LogP contribution in [0.5, 0.6) is 0 Å². The van der Waals surface area contributed by atoms with E-state index >= 15 is 0 Å². The van der Waals surface area contributed by atoms with Crippen molar-refractivity contribution in [2.45, 2.75) is 57.1 Å². The first-order valence-electron chi connectivity index (χ1n) is 5.68. The van der Waals surface area contributed by atoms with Crippen LogP contribution in [0, 0.1) is 0 Å². The maximum absolute atomic E-state index is 9.80. The number of aliphatic hydroxyl groups excluding tert-OH is 1. The van der Waals surface area contributed by atoms with Crippen LogP contribution in [-0.4, -0.2) is 43.8 Å². The minimum atomic E-state index is -0.251. The minimum absolute atomic E-state index is 0.0951. The molecule has 0 aromatic carbocycles. The minimum Gasteiger partial charge on any atom is -0.392 e. The van der Waals surface area contributed by atoms with Crippen molar-refractivity contribution in [2.75, 3.05) is 14.2 Å². The summed E-state index contributed by atoms with van der Waals surface area (Å²) in [6.07, 6.45) is 3.77. The second-order valence-electron chi connectivity index (χ2n) is 4.25. The Balaban J connectivity index is 2.38. The van der Waals surface area contributed by atoms with Crippen LogP contribution in [0.4, 0.5) is 0 Å². The van der Waals surface area contributed by atoms with Crippen LogP contribution in [-0.2, 0) is 9.47 Å². The van der Waals surface area contributed by atoms with Crippen molar-refractivity contribution < 1.29 is 14.6 Å². The van der Waals surface area contributed by atoms with Gasteiger partial charge in [0, 0.05) is 20.3 Å². The molecule has 4 heteroatoms. The third-order valence-electron chi connectivity index (χ3n) is 3.08. The Morgan fingerprint density at radius 1 is 1.20 bits per heavy atom. The van der Waals surface area contributed by atoms with Gasteiger partial charge in [0.05, 0.1) is 12.1 Å². The van der Waals surface area contributed by atoms with Crippen molar-refractivity contribution in [1.29, 1.82) is 0 Å². The first-order valence-corrected chi connectivity index (χ1v) is 5.68. The van der Waals surface area contributed by atoms with E-state index in [1.807, 2.05) is 6.92 Å². The highest BCUT2D eigenvalue weighted by Gasteiger charge is 2.26. The molecule has 1 fully saturated rings. The lowest BCUT2D eigenvalue weighted by atomic mass is 9.92. The van der Waals surface area contributed by atoms with Crippen molar-refractivity contribution in [1.82, 2.24) is 5.32 Å². The smallest absolute Gasteiger partial charge is 0.171 e. The molecular weight excluding hydrogens is 194 g/mol. The van der Waals surface area contributed by atoms with Gasteiger partial charge in [-0.15, -0.1) is 0 Å². The van der Waals surface area contributed by atoms with Crippen molar-refractivity contribution in [3.63, 3.8) is 0 Å². The van der Waals surface area contributed by atoms with Crippen LogP contribution in [0.15, 0.2) is 0 Å². The number of hydrogen-bond acceptors (Lipinski definition) is 4. The van der Waals surface area contributed by atoms with E-state index in [4.69, 9.17) is 9.47 Å². The van der Waals surface area contributed by atoms with Crippen molar-refractivity contribution in [3.05, 3.63) is 0 Å². The zero-order valence-electron chi connectivity index (χ0n) is 9.90. The zero-order chi connectivity index (χ0) is 11.3. The average molecular weight is 217 g/mol. The molecule has 0 aliphatic heterocycles. The van der Waals surface area contributed by atoms with Crippen LogP contribution in [0.3, 0.4) is 0 Å². The molecule has 0 bridgehead atoms. The molecule has 0 saturated heterocycles. The van der Waals surface area contributed by atoms with Gasteiger partial charge in [0.15, 0.2) is 6.29 Å². The number of hydrogen-bond donors (Lipinski definition) is 2. The van der Waals surface area contributed by atoms with Crippen LogP contribution < -0.4 is 5.32 Å². The largest absolute Gasteiger partial charge is 0.392 e. The number of methoxy groups -OCH3 is 2. The van der Waals surface area contributed by atoms with Crippen LogP contribution in [0.25, 0.3) is 0 Å². The fourth-order valence-corrected chi connectivity index (χ4v) is 2.23. The van der Waals surface area contributed by atoms with E-state index < -0.39 is 0 Å². The van der Waals surface area contributed by atoms with E-state index in [1.54, 1.807) is 14.2 Å². The molecule has 0 heterocycles. The van der Waals surface area contributed by atoms with Gasteiger partial charge in [0.1, 0.15) is 0 Å². The molecule has 1 saturated carbocycles. The SMILES string of the molecule is COC(OC)C(C)NC1CCCCC1O. The summed E-state index contributed by atoms with van der Waals surface area (Å²) < 4.78 is 10.3. The molecule has 0 amide bonds. The summed E-state index contributed by atoms with van der Waals surface area (Å²) in [5.41, 5.74) is 0. The third kappa shape index (κ3) is 3.72. The fraction of sp³-hybridized carbons (Fsp3) is 1.00. The van der Waals surface area contributed by atoms with Crippen LogP contribution in [0.1, 0.15) is 32.6 Å². The summed E-state index contributed by atoms with van der Waals surface area (Å²) in [5.74, 6) is 0. The average Bonchev–Trinajstić information content (AvgIpc) is 2.23. The topological polar surface area (TPSA) is 50.7 Å². The Morgan fingerprint density at radius 3 is 2.33 bits per heavy atom. The summed E-state index contributed by atoms with van der Waals surface area (Å²) >= 11 is 0. The lowest BCUT2D eigenvalue weighted by molar-refractivity contribution is -0.123. The molecule has 90 valence electrons. The van der Waals surface area contributed by atoms with E-state index in [9.17, 15) is 5.11 Å². The number of aliphatic hydroxyl groups is 1. The summed E-state index contributed by atoms with van der Waals surface area (Å²) in [4.78, 5) is 0. The fourth-order valence-electron chi connectivity index (χ4n) is 2.23. The standard InChI is InChI=1S/C11H23NO3/c1-8(11(14-2)15-3)12-9-6-4-5-7-10(9)13/h8-13H,4-7H2,1-3H3. The van der Waals surface area contributed by atoms with Gasteiger partial charge in [-0.1, -0.05) is 12.8 Å². The molecule has 4 nitrogen and oxygen atoms in total. The van der Waals surface area contributed by atoms with Crippen molar-refractivity contribution in [2.24, 2.45) is 0 Å². The first-order chi connectivity index (χ1) is 7.19. The maximum Gasteiger partial charge on any atom is 0.171 e. The molecule has 3 atom stereocenters. The molecule has 1 aliphatic rings. The molecule has 0 aromatic heterocycles. The number of rotatable bonds is 5. The van der Waals surface area contributed by atoms with Gasteiger partial charge in [-0.3, -0.25) is 0 Å². The molecule has 0 radical (unpaired) electrons. The maximum atomic E-state index is 9.80. The first kappa shape index (κ1) is 12.9. The Labute approximate surface area is 92.0 Å². The molecule has 1 rings (SSSR count). The van der Waals surface area contributed by atoms with Crippen molar-refractivity contribution >= 4 is 0 Å². The molecule has 0 spiro atoms. The molecule has 3 unspecified atom stereocenters. The van der Waals surface area contributed by atoms with Crippen LogP contribution >= 0.6 is 0 Å². The van der Waals surface area contributed by atoms with E-state index in [2.05, 4.69) is 5.32 Å². The summed E-state index contributed by atoms with van der Waals surface area (Å²) in [7, 11) is 3.26. The lowest BCUT2D eigenvalue weighted by Gasteiger charge is -2.33. The Morgan fingerprint density at radius 2 is 1.80 bits per heavy atom. The van der Waals surface area contributed by atoms with E-state index in [0.717, 1.165) is 19.3 Å². The summed E-state index contributed by atoms with van der Waals surface area (Å²) in [5, 5.41) is 13.2. The predicted octanol–water partition coefficient (Wildman–Crippen LogP) is 0.887. The predicted molar refractivity (Wildman–Crippen MR) is 58.7 cm³/mol. The van der Waals surface area contributed by atoms with Gasteiger partial charge in [-0.2, -0.15) is 0 Å². The highest BCUT2D eigenvalue weighted by Crippen LogP contribution is 2.19. The Kier molecular flexibility index (Phi) is 5.53. The van der Waals surface area contributed by atoms with Gasteiger partial charge in [0.2, 0.25) is 0 Å². The molecular formula is C11H23NO3. The monoisotopic (exact) mass is 217 g/mol. The van der Waals surface area contributed by atoms with Gasteiger partial charge >= 0.3 is 0 Å². The summed E-state index contributed by atoms with van der Waals surface area (Å²) in [6, 6.07) is 0.277. The normalized spacial score (nSPS) is 29.4. The lowest BCUT2D eigenvalue weighted by Crippen LogP contribution is -2.50. The number of ether oxygens (including phenoxy) is 2. The molecule has 2 N–H and O–H groups in total. The van der Waals surface area contributed by atoms with Crippen LogP contribution in [0.2, 0.25) is 0 Å². The van der Waals surface area contributed by atoms with Crippen molar-refractivity contribution in [3.8, 4) is 0 Å². The zero-order valence-corrected chi connectivity index (χ0v) is 9.90. The second kappa shape index (κ2) is 6.43. The highest BCUT2D eigenvalue weighted by molar-refractivity contribution is 4.83. The number of nitrogens with one attached hydrogen (secondary N) is 1. The van der Waals surface area contributed by atoms with Gasteiger partial charge in [-0.05, 0) is 19.8 Å². The van der Waals surface area contributed by atoms with E-state index in [1.165, 1.54) is 6.42 Å². The molecule has 1 aliphatic carbocycles.